The van der Waals surface area contributed by atoms with Crippen molar-refractivity contribution < 1.29 is 21.6 Å². The SMILES string of the molecule is CS(=O)(=O)Nc1cccc2c1CCN(c1nc(C(F)(F)F)nc3nc[nH]c13)C2. The van der Waals surface area contributed by atoms with E-state index in [1.54, 1.807) is 17.0 Å². The molecule has 1 aliphatic heterocycles. The molecule has 1 aromatic carbocycles. The highest BCUT2D eigenvalue weighted by Crippen LogP contribution is 2.34. The first-order chi connectivity index (χ1) is 13.1. The Hall–Kier alpha value is -2.89. The van der Waals surface area contributed by atoms with Crippen molar-refractivity contribution in [3.05, 3.63) is 41.5 Å². The highest BCUT2D eigenvalue weighted by molar-refractivity contribution is 7.92. The first-order valence-corrected chi connectivity index (χ1v) is 10.1. The second-order valence-corrected chi connectivity index (χ2v) is 8.21. The van der Waals surface area contributed by atoms with Crippen LogP contribution in [0.5, 0.6) is 0 Å². The Balaban J connectivity index is 1.74. The zero-order valence-corrected chi connectivity index (χ0v) is 15.4. The molecule has 0 unspecified atom stereocenters. The molecule has 0 spiro atoms. The summed E-state index contributed by atoms with van der Waals surface area (Å²) in [6.45, 7) is 0.634. The molecule has 0 bridgehead atoms. The number of halogens is 3. The molecule has 2 N–H and O–H groups in total. The van der Waals surface area contributed by atoms with Crippen molar-refractivity contribution in [3.8, 4) is 0 Å². The zero-order valence-electron chi connectivity index (χ0n) is 14.6. The minimum atomic E-state index is -4.69. The molecule has 2 aromatic heterocycles. The summed E-state index contributed by atoms with van der Waals surface area (Å²) in [5.74, 6) is -1.14. The Bertz CT molecular complexity index is 1160. The highest BCUT2D eigenvalue weighted by Gasteiger charge is 2.37. The fraction of sp³-hybridized carbons (Fsp3) is 0.312. The van der Waals surface area contributed by atoms with Gasteiger partial charge in [-0.15, -0.1) is 0 Å². The Labute approximate surface area is 157 Å². The van der Waals surface area contributed by atoms with E-state index in [1.165, 1.54) is 6.33 Å². The summed E-state index contributed by atoms with van der Waals surface area (Å²) in [7, 11) is -3.44. The van der Waals surface area contributed by atoms with Crippen LogP contribution in [0.4, 0.5) is 24.7 Å². The van der Waals surface area contributed by atoms with Crippen LogP contribution in [-0.4, -0.2) is 41.2 Å². The molecular weight excluding hydrogens is 397 g/mol. The lowest BCUT2D eigenvalue weighted by Crippen LogP contribution is -2.32. The van der Waals surface area contributed by atoms with Crippen LogP contribution >= 0.6 is 0 Å². The summed E-state index contributed by atoms with van der Waals surface area (Å²) in [5, 5.41) is 0. The maximum Gasteiger partial charge on any atom is 0.451 e. The molecule has 4 rings (SSSR count). The van der Waals surface area contributed by atoms with Gasteiger partial charge < -0.3 is 9.88 Å². The number of H-pyrrole nitrogens is 1. The lowest BCUT2D eigenvalue weighted by Gasteiger charge is -2.31. The van der Waals surface area contributed by atoms with Gasteiger partial charge in [0.2, 0.25) is 15.8 Å². The molecule has 0 radical (unpaired) electrons. The quantitative estimate of drug-likeness (QED) is 0.684. The molecule has 8 nitrogen and oxygen atoms in total. The second-order valence-electron chi connectivity index (χ2n) is 6.46. The van der Waals surface area contributed by atoms with Crippen LogP contribution < -0.4 is 9.62 Å². The topological polar surface area (TPSA) is 104 Å². The average molecular weight is 412 g/mol. The third kappa shape index (κ3) is 3.46. The number of aromatic amines is 1. The fourth-order valence-electron chi connectivity index (χ4n) is 3.26. The maximum atomic E-state index is 13.2. The van der Waals surface area contributed by atoms with Gasteiger partial charge in [-0.3, -0.25) is 4.72 Å². The average Bonchev–Trinajstić information content (AvgIpc) is 3.07. The Morgan fingerprint density at radius 1 is 1.25 bits per heavy atom. The van der Waals surface area contributed by atoms with Gasteiger partial charge in [-0.2, -0.15) is 13.2 Å². The van der Waals surface area contributed by atoms with Crippen LogP contribution in [0.1, 0.15) is 17.0 Å². The smallest absolute Gasteiger partial charge is 0.350 e. The maximum absolute atomic E-state index is 13.2. The standard InChI is InChI=1S/C16H15F3N6O2S/c1-28(26,27)24-11-4-2-3-9-7-25(6-5-10(9)11)14-12-13(21-8-20-12)22-15(23-14)16(17,18)19/h2-4,8,24H,5-7H2,1H3,(H,20,21,22,23). The molecular formula is C16H15F3N6O2S. The highest BCUT2D eigenvalue weighted by atomic mass is 32.2. The van der Waals surface area contributed by atoms with E-state index in [-0.39, 0.29) is 18.0 Å². The van der Waals surface area contributed by atoms with Crippen molar-refractivity contribution in [2.75, 3.05) is 22.4 Å². The number of hydrogen-bond acceptors (Lipinski definition) is 6. The van der Waals surface area contributed by atoms with Crippen LogP contribution in [0.25, 0.3) is 11.2 Å². The summed E-state index contributed by atoms with van der Waals surface area (Å²) in [6, 6.07) is 5.17. The number of fused-ring (bicyclic) bond motifs is 2. The van der Waals surface area contributed by atoms with Crippen molar-refractivity contribution in [1.82, 2.24) is 19.9 Å². The molecule has 148 valence electrons. The van der Waals surface area contributed by atoms with Crippen molar-refractivity contribution in [1.29, 1.82) is 0 Å². The summed E-state index contributed by atoms with van der Waals surface area (Å²) in [5.41, 5.74) is 2.36. The van der Waals surface area contributed by atoms with Gasteiger partial charge in [-0.1, -0.05) is 12.1 Å². The number of rotatable bonds is 3. The van der Waals surface area contributed by atoms with Gasteiger partial charge in [0.15, 0.2) is 11.5 Å². The lowest BCUT2D eigenvalue weighted by molar-refractivity contribution is -0.144. The van der Waals surface area contributed by atoms with E-state index in [0.717, 1.165) is 17.4 Å². The number of alkyl halides is 3. The largest absolute Gasteiger partial charge is 0.451 e. The van der Waals surface area contributed by atoms with E-state index in [4.69, 9.17) is 0 Å². The third-order valence-corrected chi connectivity index (χ3v) is 4.97. The van der Waals surface area contributed by atoms with E-state index >= 15 is 0 Å². The van der Waals surface area contributed by atoms with Crippen LogP contribution in [0.15, 0.2) is 24.5 Å². The molecule has 0 saturated heterocycles. The number of imidazole rings is 1. The van der Waals surface area contributed by atoms with Gasteiger partial charge in [0, 0.05) is 13.1 Å². The lowest BCUT2D eigenvalue weighted by atomic mass is 9.98. The summed E-state index contributed by atoms with van der Waals surface area (Å²) < 4.78 is 65.1. The molecule has 0 fully saturated rings. The number of nitrogens with zero attached hydrogens (tertiary/aromatic N) is 4. The van der Waals surface area contributed by atoms with Crippen molar-refractivity contribution >= 4 is 32.7 Å². The van der Waals surface area contributed by atoms with E-state index in [9.17, 15) is 21.6 Å². The predicted octanol–water partition coefficient (Wildman–Crippen LogP) is 2.31. The predicted molar refractivity (Wildman–Crippen MR) is 96.3 cm³/mol. The number of hydrogen-bond donors (Lipinski definition) is 2. The number of benzene rings is 1. The van der Waals surface area contributed by atoms with Gasteiger partial charge in [-0.05, 0) is 23.6 Å². The van der Waals surface area contributed by atoms with Gasteiger partial charge in [0.25, 0.3) is 0 Å². The van der Waals surface area contributed by atoms with Gasteiger partial charge in [0.05, 0.1) is 18.3 Å². The molecule has 28 heavy (non-hydrogen) atoms. The number of sulfonamides is 1. The van der Waals surface area contributed by atoms with Crippen LogP contribution in [0.2, 0.25) is 0 Å². The third-order valence-electron chi connectivity index (χ3n) is 4.38. The van der Waals surface area contributed by atoms with E-state index in [2.05, 4.69) is 24.7 Å². The van der Waals surface area contributed by atoms with Crippen molar-refractivity contribution in [3.63, 3.8) is 0 Å². The van der Waals surface area contributed by atoms with Crippen LogP contribution in [-0.2, 0) is 29.2 Å². The van der Waals surface area contributed by atoms with Crippen LogP contribution in [0, 0.1) is 0 Å². The zero-order chi connectivity index (χ0) is 20.1. The fourth-order valence-corrected chi connectivity index (χ4v) is 3.85. The molecule has 0 atom stereocenters. The molecule has 3 heterocycles. The molecule has 1 aliphatic rings. The van der Waals surface area contributed by atoms with Crippen LogP contribution in [0.3, 0.4) is 0 Å². The first-order valence-electron chi connectivity index (χ1n) is 8.23. The van der Waals surface area contributed by atoms with E-state index in [1.807, 2.05) is 6.07 Å². The van der Waals surface area contributed by atoms with E-state index < -0.39 is 22.0 Å². The van der Waals surface area contributed by atoms with Crippen molar-refractivity contribution in [2.45, 2.75) is 19.1 Å². The van der Waals surface area contributed by atoms with Crippen molar-refractivity contribution in [2.24, 2.45) is 0 Å². The second kappa shape index (κ2) is 6.33. The molecule has 12 heteroatoms. The minimum absolute atomic E-state index is 0.0596. The van der Waals surface area contributed by atoms with E-state index in [0.29, 0.717) is 24.2 Å². The molecule has 0 aliphatic carbocycles. The normalized spacial score (nSPS) is 14.9. The Morgan fingerprint density at radius 3 is 2.75 bits per heavy atom. The summed E-state index contributed by atoms with van der Waals surface area (Å²) in [4.78, 5) is 15.5. The summed E-state index contributed by atoms with van der Waals surface area (Å²) in [6.07, 6.45) is -1.91. The van der Waals surface area contributed by atoms with Gasteiger partial charge in [-0.25, -0.2) is 23.4 Å². The number of aromatic nitrogens is 4. The Morgan fingerprint density at radius 2 is 2.04 bits per heavy atom. The summed E-state index contributed by atoms with van der Waals surface area (Å²) >= 11 is 0. The monoisotopic (exact) mass is 412 g/mol. The number of nitrogens with one attached hydrogen (secondary N) is 2. The molecule has 0 amide bonds. The number of anilines is 2. The molecule has 3 aromatic rings. The van der Waals surface area contributed by atoms with Gasteiger partial charge >= 0.3 is 6.18 Å². The Kier molecular flexibility index (Phi) is 4.17. The minimum Gasteiger partial charge on any atom is -0.350 e. The van der Waals surface area contributed by atoms with Gasteiger partial charge in [0.1, 0.15) is 5.52 Å². The molecule has 0 saturated carbocycles. The first kappa shape index (κ1) is 18.5.